The maximum absolute atomic E-state index is 9.64. The van der Waals surface area contributed by atoms with Gasteiger partial charge in [0, 0.05) is 6.54 Å². The summed E-state index contributed by atoms with van der Waals surface area (Å²) in [5.41, 5.74) is 4.87. The van der Waals surface area contributed by atoms with E-state index < -0.39 is 0 Å². The van der Waals surface area contributed by atoms with Crippen molar-refractivity contribution in [3.05, 3.63) is 64.7 Å². The van der Waals surface area contributed by atoms with Gasteiger partial charge in [-0.2, -0.15) is 0 Å². The molecule has 21 heavy (non-hydrogen) atoms. The minimum Gasteiger partial charge on any atom is -0.508 e. The molecule has 2 aromatic carbocycles. The highest BCUT2D eigenvalue weighted by Crippen LogP contribution is 2.36. The second-order valence-electron chi connectivity index (χ2n) is 5.51. The molecule has 1 unspecified atom stereocenters. The van der Waals surface area contributed by atoms with Crippen LogP contribution in [0.15, 0.2) is 42.5 Å². The maximum atomic E-state index is 9.64. The number of phenols is 1. The van der Waals surface area contributed by atoms with E-state index in [9.17, 15) is 5.11 Å². The van der Waals surface area contributed by atoms with E-state index in [1.54, 1.807) is 6.07 Å². The van der Waals surface area contributed by atoms with Gasteiger partial charge in [0.2, 0.25) is 0 Å². The zero-order valence-electron chi connectivity index (χ0n) is 13.4. The second-order valence-corrected chi connectivity index (χ2v) is 5.51. The molecule has 0 saturated carbocycles. The Hall–Kier alpha value is -1.80. The SMILES string of the molecule is CC.Cc1ccc(C2(C)NCCc3cc(O)ccc32)cc1. The van der Waals surface area contributed by atoms with Crippen LogP contribution in [0.4, 0.5) is 0 Å². The van der Waals surface area contributed by atoms with Crippen molar-refractivity contribution in [1.29, 1.82) is 0 Å². The van der Waals surface area contributed by atoms with E-state index in [2.05, 4.69) is 43.4 Å². The first kappa shape index (κ1) is 15.6. The molecular weight excluding hydrogens is 258 g/mol. The predicted octanol–water partition coefficient (Wildman–Crippen LogP) is 4.14. The Morgan fingerprint density at radius 1 is 1.05 bits per heavy atom. The smallest absolute Gasteiger partial charge is 0.115 e. The van der Waals surface area contributed by atoms with E-state index in [4.69, 9.17) is 0 Å². The van der Waals surface area contributed by atoms with E-state index in [0.717, 1.165) is 13.0 Å². The third-order valence-electron chi connectivity index (χ3n) is 4.13. The summed E-state index contributed by atoms with van der Waals surface area (Å²) < 4.78 is 0. The van der Waals surface area contributed by atoms with Crippen molar-refractivity contribution in [1.82, 2.24) is 5.32 Å². The number of aromatic hydroxyl groups is 1. The van der Waals surface area contributed by atoms with Gasteiger partial charge in [0.15, 0.2) is 0 Å². The average molecular weight is 283 g/mol. The molecular formula is C19H25NO. The summed E-state index contributed by atoms with van der Waals surface area (Å²) in [5, 5.41) is 13.3. The molecule has 2 heteroatoms. The first-order chi connectivity index (χ1) is 10.1. The standard InChI is InChI=1S/C17H19NO.C2H6/c1-12-3-5-14(6-4-12)17(2)16-8-7-15(19)11-13(16)9-10-18-17;1-2/h3-8,11,18-19H,9-10H2,1-2H3;1-2H3. The Bertz CT molecular complexity index is 603. The number of phenolic OH excluding ortho intramolecular Hbond substituents is 1. The fourth-order valence-corrected chi connectivity index (χ4v) is 2.96. The van der Waals surface area contributed by atoms with Crippen molar-refractivity contribution < 1.29 is 5.11 Å². The lowest BCUT2D eigenvalue weighted by Crippen LogP contribution is -2.45. The molecule has 0 amide bonds. The van der Waals surface area contributed by atoms with Crippen molar-refractivity contribution >= 4 is 0 Å². The summed E-state index contributed by atoms with van der Waals surface area (Å²) >= 11 is 0. The monoisotopic (exact) mass is 283 g/mol. The lowest BCUT2D eigenvalue weighted by atomic mass is 9.78. The molecule has 1 aliphatic rings. The van der Waals surface area contributed by atoms with Crippen molar-refractivity contribution in [2.45, 2.75) is 39.7 Å². The lowest BCUT2D eigenvalue weighted by molar-refractivity contribution is 0.411. The second kappa shape index (κ2) is 6.31. The third kappa shape index (κ3) is 2.96. The van der Waals surface area contributed by atoms with E-state index in [0.29, 0.717) is 5.75 Å². The topological polar surface area (TPSA) is 32.3 Å². The molecule has 1 atom stereocenters. The lowest BCUT2D eigenvalue weighted by Gasteiger charge is -2.38. The number of benzene rings is 2. The normalized spacial score (nSPS) is 20.2. The van der Waals surface area contributed by atoms with Crippen LogP contribution in [0.5, 0.6) is 5.75 Å². The molecule has 2 aromatic rings. The number of nitrogens with one attached hydrogen (secondary N) is 1. The average Bonchev–Trinajstić information content (AvgIpc) is 2.50. The highest BCUT2D eigenvalue weighted by Gasteiger charge is 2.33. The molecule has 1 heterocycles. The number of rotatable bonds is 1. The van der Waals surface area contributed by atoms with Crippen LogP contribution >= 0.6 is 0 Å². The molecule has 1 aliphatic heterocycles. The van der Waals surface area contributed by atoms with Gasteiger partial charge in [0.25, 0.3) is 0 Å². The van der Waals surface area contributed by atoms with Crippen LogP contribution in [0, 0.1) is 6.92 Å². The Morgan fingerprint density at radius 2 is 1.71 bits per heavy atom. The molecule has 0 aromatic heterocycles. The fraction of sp³-hybridized carbons (Fsp3) is 0.368. The van der Waals surface area contributed by atoms with Crippen LogP contribution in [-0.4, -0.2) is 11.7 Å². The number of hydrogen-bond donors (Lipinski definition) is 2. The summed E-state index contributed by atoms with van der Waals surface area (Å²) in [5.74, 6) is 0.354. The molecule has 0 aliphatic carbocycles. The molecule has 2 nitrogen and oxygen atoms in total. The summed E-state index contributed by atoms with van der Waals surface area (Å²) in [6.07, 6.45) is 0.963. The summed E-state index contributed by atoms with van der Waals surface area (Å²) in [7, 11) is 0. The van der Waals surface area contributed by atoms with Crippen molar-refractivity contribution in [2.24, 2.45) is 0 Å². The maximum Gasteiger partial charge on any atom is 0.115 e. The predicted molar refractivity (Wildman–Crippen MR) is 88.8 cm³/mol. The molecule has 0 radical (unpaired) electrons. The Labute approximate surface area is 127 Å². The molecule has 112 valence electrons. The van der Waals surface area contributed by atoms with Crippen LogP contribution in [0.3, 0.4) is 0 Å². The molecule has 3 rings (SSSR count). The summed E-state index contributed by atoms with van der Waals surface area (Å²) in [6.45, 7) is 9.25. The molecule has 0 spiro atoms. The van der Waals surface area contributed by atoms with Crippen molar-refractivity contribution in [2.75, 3.05) is 6.54 Å². The molecule has 0 bridgehead atoms. The van der Waals surface area contributed by atoms with Crippen LogP contribution in [0.25, 0.3) is 0 Å². The third-order valence-corrected chi connectivity index (χ3v) is 4.13. The minimum atomic E-state index is -0.172. The zero-order valence-corrected chi connectivity index (χ0v) is 13.4. The van der Waals surface area contributed by atoms with Crippen LogP contribution in [0.1, 0.15) is 43.0 Å². The van der Waals surface area contributed by atoms with Crippen molar-refractivity contribution in [3.8, 4) is 5.75 Å². The van der Waals surface area contributed by atoms with E-state index >= 15 is 0 Å². The molecule has 2 N–H and O–H groups in total. The minimum absolute atomic E-state index is 0.172. The van der Waals surface area contributed by atoms with Crippen LogP contribution in [0.2, 0.25) is 0 Å². The van der Waals surface area contributed by atoms with Gasteiger partial charge in [-0.3, -0.25) is 0 Å². The Kier molecular flexibility index (Phi) is 4.69. The quantitative estimate of drug-likeness (QED) is 0.824. The van der Waals surface area contributed by atoms with Gasteiger partial charge in [-0.1, -0.05) is 49.7 Å². The molecule has 0 saturated heterocycles. The summed E-state index contributed by atoms with van der Waals surface area (Å²) in [6, 6.07) is 14.4. The first-order valence-corrected chi connectivity index (χ1v) is 7.74. The van der Waals surface area contributed by atoms with Gasteiger partial charge < -0.3 is 10.4 Å². The number of fused-ring (bicyclic) bond motifs is 1. The number of aryl methyl sites for hydroxylation is 1. The van der Waals surface area contributed by atoms with E-state index in [1.807, 2.05) is 26.0 Å². The van der Waals surface area contributed by atoms with Crippen molar-refractivity contribution in [3.63, 3.8) is 0 Å². The highest BCUT2D eigenvalue weighted by molar-refractivity contribution is 5.47. The zero-order chi connectivity index (χ0) is 15.5. The van der Waals surface area contributed by atoms with Gasteiger partial charge in [-0.05, 0) is 49.1 Å². The highest BCUT2D eigenvalue weighted by atomic mass is 16.3. The summed E-state index contributed by atoms with van der Waals surface area (Å²) in [4.78, 5) is 0. The first-order valence-electron chi connectivity index (χ1n) is 7.74. The van der Waals surface area contributed by atoms with Crippen LogP contribution < -0.4 is 5.32 Å². The van der Waals surface area contributed by atoms with Gasteiger partial charge in [-0.25, -0.2) is 0 Å². The fourth-order valence-electron chi connectivity index (χ4n) is 2.96. The van der Waals surface area contributed by atoms with Gasteiger partial charge in [0.1, 0.15) is 5.75 Å². The number of hydrogen-bond acceptors (Lipinski definition) is 2. The van der Waals surface area contributed by atoms with Crippen LogP contribution in [-0.2, 0) is 12.0 Å². The van der Waals surface area contributed by atoms with E-state index in [-0.39, 0.29) is 5.54 Å². The Morgan fingerprint density at radius 3 is 2.38 bits per heavy atom. The van der Waals surface area contributed by atoms with Gasteiger partial charge in [-0.15, -0.1) is 0 Å². The largest absolute Gasteiger partial charge is 0.508 e. The molecule has 0 fully saturated rings. The Balaban J connectivity index is 0.000000774. The van der Waals surface area contributed by atoms with E-state index in [1.165, 1.54) is 22.3 Å². The van der Waals surface area contributed by atoms with Gasteiger partial charge >= 0.3 is 0 Å². The van der Waals surface area contributed by atoms with Gasteiger partial charge in [0.05, 0.1) is 5.54 Å².